The number of rotatable bonds is 3. The smallest absolute Gasteiger partial charge is 0.305 e. The van der Waals surface area contributed by atoms with Crippen molar-refractivity contribution in [1.82, 2.24) is 4.98 Å². The van der Waals surface area contributed by atoms with Crippen LogP contribution in [0.5, 0.6) is 0 Å². The highest BCUT2D eigenvalue weighted by atomic mass is 35.5. The summed E-state index contributed by atoms with van der Waals surface area (Å²) in [6.45, 7) is 0. The Balaban J connectivity index is 2.34. The topological polar surface area (TPSA) is 39.2 Å². The lowest BCUT2D eigenvalue weighted by Crippen LogP contribution is -2.03. The molecule has 88 valence electrons. The van der Waals surface area contributed by atoms with Gasteiger partial charge in [0.1, 0.15) is 0 Å². The molecule has 1 aromatic carbocycles. The van der Waals surface area contributed by atoms with E-state index < -0.39 is 0 Å². The zero-order valence-corrected chi connectivity index (χ0v) is 10.2. The van der Waals surface area contributed by atoms with Gasteiger partial charge in [0.25, 0.3) is 0 Å². The monoisotopic (exact) mass is 249 g/mol. The highest BCUT2D eigenvalue weighted by Gasteiger charge is 2.07. The van der Waals surface area contributed by atoms with E-state index >= 15 is 0 Å². The molecule has 17 heavy (non-hydrogen) atoms. The molecule has 1 aromatic heterocycles. The number of carbonyl (C=O) groups is 1. The van der Waals surface area contributed by atoms with Crippen molar-refractivity contribution in [2.24, 2.45) is 0 Å². The first-order valence-electron chi connectivity index (χ1n) is 5.31. The van der Waals surface area contributed by atoms with Crippen LogP contribution in [0.2, 0.25) is 5.02 Å². The van der Waals surface area contributed by atoms with E-state index in [1.807, 2.05) is 24.3 Å². The largest absolute Gasteiger partial charge is 0.469 e. The maximum atomic E-state index is 11.1. The third kappa shape index (κ3) is 2.56. The van der Waals surface area contributed by atoms with Crippen LogP contribution in [-0.4, -0.2) is 18.1 Å². The van der Waals surface area contributed by atoms with Crippen LogP contribution in [-0.2, 0) is 16.0 Å². The highest BCUT2D eigenvalue weighted by Crippen LogP contribution is 2.25. The Hall–Kier alpha value is -1.61. The summed E-state index contributed by atoms with van der Waals surface area (Å²) in [6.07, 6.45) is 2.60. The van der Waals surface area contributed by atoms with Crippen molar-refractivity contribution in [1.29, 1.82) is 0 Å². The summed E-state index contributed by atoms with van der Waals surface area (Å²) in [6, 6.07) is 7.56. The number of methoxy groups -OCH3 is 1. The van der Waals surface area contributed by atoms with Gasteiger partial charge in [0.05, 0.1) is 13.5 Å². The number of pyridine rings is 1. The third-order valence-electron chi connectivity index (χ3n) is 2.63. The molecule has 0 saturated heterocycles. The van der Waals surface area contributed by atoms with Crippen LogP contribution in [0.15, 0.2) is 30.5 Å². The number of hydrogen-bond acceptors (Lipinski definition) is 3. The van der Waals surface area contributed by atoms with E-state index in [1.54, 1.807) is 6.20 Å². The number of benzene rings is 1. The summed E-state index contributed by atoms with van der Waals surface area (Å²) in [5.74, 6) is -0.231. The third-order valence-corrected chi connectivity index (χ3v) is 2.96. The molecular weight excluding hydrogens is 238 g/mol. The van der Waals surface area contributed by atoms with E-state index in [0.717, 1.165) is 16.5 Å². The maximum Gasteiger partial charge on any atom is 0.305 e. The molecule has 0 saturated carbocycles. The molecule has 0 N–H and O–H groups in total. The first-order valence-corrected chi connectivity index (χ1v) is 5.69. The second-order valence-corrected chi connectivity index (χ2v) is 4.08. The summed E-state index contributed by atoms with van der Waals surface area (Å²) in [4.78, 5) is 15.4. The van der Waals surface area contributed by atoms with E-state index in [1.165, 1.54) is 7.11 Å². The number of aromatic nitrogens is 1. The van der Waals surface area contributed by atoms with Crippen LogP contribution in [0.4, 0.5) is 0 Å². The van der Waals surface area contributed by atoms with Crippen LogP contribution in [0, 0.1) is 0 Å². The van der Waals surface area contributed by atoms with Gasteiger partial charge < -0.3 is 4.74 Å². The predicted octanol–water partition coefficient (Wildman–Crippen LogP) is 2.99. The molecule has 0 aliphatic rings. The van der Waals surface area contributed by atoms with Gasteiger partial charge >= 0.3 is 5.97 Å². The van der Waals surface area contributed by atoms with Crippen molar-refractivity contribution in [3.63, 3.8) is 0 Å². The molecule has 2 aromatic rings. The van der Waals surface area contributed by atoms with Crippen LogP contribution in [0.25, 0.3) is 10.8 Å². The molecule has 4 heteroatoms. The van der Waals surface area contributed by atoms with Gasteiger partial charge in [-0.3, -0.25) is 9.78 Å². The van der Waals surface area contributed by atoms with Crippen molar-refractivity contribution in [3.05, 3.63) is 41.2 Å². The number of hydrogen-bond donors (Lipinski definition) is 0. The summed E-state index contributed by atoms with van der Waals surface area (Å²) in [5.41, 5.74) is 0.871. The molecular formula is C13H12ClNO2. The Kier molecular flexibility index (Phi) is 3.59. The normalized spacial score (nSPS) is 10.5. The predicted molar refractivity (Wildman–Crippen MR) is 67.1 cm³/mol. The molecule has 0 bridgehead atoms. The second kappa shape index (κ2) is 5.15. The molecule has 0 aliphatic heterocycles. The Labute approximate surface area is 104 Å². The Morgan fingerprint density at radius 3 is 2.94 bits per heavy atom. The van der Waals surface area contributed by atoms with E-state index in [0.29, 0.717) is 17.9 Å². The van der Waals surface area contributed by atoms with Gasteiger partial charge in [-0.15, -0.1) is 0 Å². The number of aryl methyl sites for hydroxylation is 1. The molecule has 2 rings (SSSR count). The molecule has 0 spiro atoms. The lowest BCUT2D eigenvalue weighted by Gasteiger charge is -2.06. The van der Waals surface area contributed by atoms with E-state index in [4.69, 9.17) is 11.6 Å². The number of carbonyl (C=O) groups excluding carboxylic acids is 1. The molecule has 0 atom stereocenters. The zero-order valence-electron chi connectivity index (χ0n) is 9.44. The fourth-order valence-corrected chi connectivity index (χ4v) is 1.99. The van der Waals surface area contributed by atoms with Crippen LogP contribution in [0.1, 0.15) is 12.1 Å². The van der Waals surface area contributed by atoms with Gasteiger partial charge in [0.2, 0.25) is 0 Å². The summed E-state index contributed by atoms with van der Waals surface area (Å²) in [5, 5.41) is 2.65. The van der Waals surface area contributed by atoms with Crippen LogP contribution in [0.3, 0.4) is 0 Å². The number of ether oxygens (including phenoxy) is 1. The molecule has 0 fully saturated rings. The molecule has 0 amide bonds. The lowest BCUT2D eigenvalue weighted by atomic mass is 10.1. The summed E-state index contributed by atoms with van der Waals surface area (Å²) >= 11 is 6.10. The number of nitrogens with zero attached hydrogens (tertiary/aromatic N) is 1. The first-order chi connectivity index (χ1) is 8.22. The van der Waals surface area contributed by atoms with Gasteiger partial charge in [0.15, 0.2) is 0 Å². The van der Waals surface area contributed by atoms with Crippen molar-refractivity contribution in [2.45, 2.75) is 12.8 Å². The minimum atomic E-state index is -0.231. The Morgan fingerprint density at radius 1 is 1.35 bits per heavy atom. The van der Waals surface area contributed by atoms with E-state index in [-0.39, 0.29) is 5.97 Å². The molecule has 0 aliphatic carbocycles. The summed E-state index contributed by atoms with van der Waals surface area (Å²) < 4.78 is 4.61. The van der Waals surface area contributed by atoms with Gasteiger partial charge in [0, 0.05) is 34.1 Å². The molecule has 0 radical (unpaired) electrons. The Bertz CT molecular complexity index is 554. The molecule has 1 heterocycles. The summed E-state index contributed by atoms with van der Waals surface area (Å²) in [7, 11) is 1.38. The zero-order chi connectivity index (χ0) is 12.3. The molecule has 3 nitrogen and oxygen atoms in total. The van der Waals surface area contributed by atoms with Crippen molar-refractivity contribution in [2.75, 3.05) is 7.11 Å². The van der Waals surface area contributed by atoms with Crippen molar-refractivity contribution < 1.29 is 9.53 Å². The minimum Gasteiger partial charge on any atom is -0.469 e. The average molecular weight is 250 g/mol. The second-order valence-electron chi connectivity index (χ2n) is 3.67. The average Bonchev–Trinajstić information content (AvgIpc) is 2.36. The fourth-order valence-electron chi connectivity index (χ4n) is 1.75. The highest BCUT2D eigenvalue weighted by molar-refractivity contribution is 6.35. The van der Waals surface area contributed by atoms with Gasteiger partial charge in [-0.05, 0) is 12.1 Å². The number of fused-ring (bicyclic) bond motifs is 1. The number of halogens is 1. The van der Waals surface area contributed by atoms with E-state index in [9.17, 15) is 4.79 Å². The maximum absolute atomic E-state index is 11.1. The van der Waals surface area contributed by atoms with E-state index in [2.05, 4.69) is 9.72 Å². The fraction of sp³-hybridized carbons (Fsp3) is 0.231. The van der Waals surface area contributed by atoms with Gasteiger partial charge in [-0.2, -0.15) is 0 Å². The minimum absolute atomic E-state index is 0.231. The van der Waals surface area contributed by atoms with Gasteiger partial charge in [-0.25, -0.2) is 0 Å². The Morgan fingerprint density at radius 2 is 2.18 bits per heavy atom. The molecule has 0 unspecified atom stereocenters. The van der Waals surface area contributed by atoms with Crippen molar-refractivity contribution >= 4 is 28.3 Å². The van der Waals surface area contributed by atoms with Crippen LogP contribution < -0.4 is 0 Å². The number of esters is 1. The van der Waals surface area contributed by atoms with Gasteiger partial charge in [-0.1, -0.05) is 23.7 Å². The van der Waals surface area contributed by atoms with Crippen molar-refractivity contribution in [3.8, 4) is 0 Å². The standard InChI is InChI=1S/C13H12ClNO2/c1-17-13(16)6-5-12-10-3-2-4-11(14)9(10)7-8-15-12/h2-4,7-8H,5-6H2,1H3. The van der Waals surface area contributed by atoms with Crippen LogP contribution >= 0.6 is 11.6 Å². The first kappa shape index (κ1) is 11.9. The SMILES string of the molecule is COC(=O)CCc1nccc2c(Cl)cccc12. The quantitative estimate of drug-likeness (QED) is 0.785. The lowest BCUT2D eigenvalue weighted by molar-refractivity contribution is -0.140.